The summed E-state index contributed by atoms with van der Waals surface area (Å²) in [5.74, 6) is 8.10. The lowest BCUT2D eigenvalue weighted by Crippen LogP contribution is -2.55. The molecule has 0 aromatic heterocycles. The van der Waals surface area contributed by atoms with Crippen molar-refractivity contribution in [3.8, 4) is 0 Å². The molecule has 0 aliphatic heterocycles. The minimum atomic E-state index is -0.0806. The van der Waals surface area contributed by atoms with E-state index in [4.69, 9.17) is 0 Å². The number of hydrogen-bond acceptors (Lipinski definition) is 2. The van der Waals surface area contributed by atoms with Gasteiger partial charge in [0.2, 0.25) is 0 Å². The Balaban J connectivity index is 0.904. The van der Waals surface area contributed by atoms with Crippen molar-refractivity contribution in [3.05, 3.63) is 156 Å². The Bertz CT molecular complexity index is 2120. The molecule has 1 N–H and O–H groups in total. The van der Waals surface area contributed by atoms with E-state index in [0.29, 0.717) is 64.8 Å². The normalized spacial score (nSPS) is 46.4. The Kier molecular flexibility index (Phi) is 9.73. The molecule has 0 radical (unpaired) electrons. The van der Waals surface area contributed by atoms with Crippen molar-refractivity contribution in [1.82, 2.24) is 10.2 Å². The predicted molar refractivity (Wildman–Crippen MR) is 249 cm³/mol. The van der Waals surface area contributed by atoms with E-state index in [1.165, 1.54) is 82.7 Å². The fourth-order valence-electron chi connectivity index (χ4n) is 17.0. The molecule has 12 aliphatic rings. The Morgan fingerprint density at radius 2 is 1.57 bits per heavy atom. The summed E-state index contributed by atoms with van der Waals surface area (Å²) in [5, 5.41) is 4.39. The Labute approximate surface area is 362 Å². The molecule has 0 amide bonds. The van der Waals surface area contributed by atoms with E-state index in [0.717, 1.165) is 42.9 Å². The Hall–Kier alpha value is -3.62. The molecule has 16 atom stereocenters. The third-order valence-electron chi connectivity index (χ3n) is 19.0. The molecule has 312 valence electrons. The first-order chi connectivity index (χ1) is 29.6. The first kappa shape index (κ1) is 38.1. The van der Waals surface area contributed by atoms with Crippen molar-refractivity contribution in [3.63, 3.8) is 0 Å². The van der Waals surface area contributed by atoms with Crippen LogP contribution in [0, 0.1) is 76.4 Å². The van der Waals surface area contributed by atoms with Crippen molar-refractivity contribution in [1.29, 1.82) is 0 Å². The summed E-state index contributed by atoms with van der Waals surface area (Å²) in [6, 6.07) is 0.923. The van der Waals surface area contributed by atoms with Crippen LogP contribution in [0.15, 0.2) is 156 Å². The van der Waals surface area contributed by atoms with Gasteiger partial charge in [-0.2, -0.15) is 0 Å². The lowest BCUT2D eigenvalue weighted by Gasteiger charge is -2.51. The highest BCUT2D eigenvalue weighted by Crippen LogP contribution is 2.76. The largest absolute Gasteiger partial charge is 0.342 e. The van der Waals surface area contributed by atoms with Gasteiger partial charge in [0, 0.05) is 40.9 Å². The van der Waals surface area contributed by atoms with Crippen molar-refractivity contribution in [2.45, 2.75) is 121 Å². The highest BCUT2D eigenvalue weighted by molar-refractivity contribution is 5.46. The first-order valence-corrected chi connectivity index (χ1v) is 25.0. The van der Waals surface area contributed by atoms with Gasteiger partial charge in [-0.05, 0) is 178 Å². The second kappa shape index (κ2) is 15.3. The van der Waals surface area contributed by atoms with E-state index in [9.17, 15) is 0 Å². The van der Waals surface area contributed by atoms with Crippen LogP contribution in [0.3, 0.4) is 0 Å². The second-order valence-corrected chi connectivity index (χ2v) is 21.6. The van der Waals surface area contributed by atoms with Crippen molar-refractivity contribution >= 4 is 0 Å². The van der Waals surface area contributed by atoms with Crippen LogP contribution in [0.4, 0.5) is 0 Å². The summed E-state index contributed by atoms with van der Waals surface area (Å²) in [7, 11) is 0. The molecular formula is C58H70N2. The SMILES string of the molecule is CC1(NC2C=CC3=C(C=CC4C=CCCC34)C2)C=CC=CC1C1CC=CC2C1C1CCCCC1C21C2C=C(N(C3=CC=CCC3)C3CC=CCC3)C=CC2C2C=CCCC21. The minimum Gasteiger partial charge on any atom is -0.342 e. The zero-order chi connectivity index (χ0) is 39.8. The molecule has 2 heteroatoms. The highest BCUT2D eigenvalue weighted by atomic mass is 15.2. The van der Waals surface area contributed by atoms with Crippen LogP contribution in [0.1, 0.15) is 103 Å². The molecule has 0 saturated heterocycles. The van der Waals surface area contributed by atoms with Crippen molar-refractivity contribution in [2.75, 3.05) is 0 Å². The van der Waals surface area contributed by atoms with E-state index in [1.807, 2.05) is 0 Å². The van der Waals surface area contributed by atoms with E-state index >= 15 is 0 Å². The average molecular weight is 795 g/mol. The van der Waals surface area contributed by atoms with Gasteiger partial charge >= 0.3 is 0 Å². The summed E-state index contributed by atoms with van der Waals surface area (Å²) in [6.07, 6.45) is 75.4. The maximum atomic E-state index is 4.39. The van der Waals surface area contributed by atoms with E-state index in [-0.39, 0.29) is 5.54 Å². The Morgan fingerprint density at radius 1 is 0.650 bits per heavy atom. The molecule has 12 rings (SSSR count). The molecule has 16 unspecified atom stereocenters. The molecule has 1 spiro atoms. The summed E-state index contributed by atoms with van der Waals surface area (Å²) in [6.45, 7) is 2.57. The molecule has 0 aromatic carbocycles. The van der Waals surface area contributed by atoms with Crippen LogP contribution in [0.2, 0.25) is 0 Å². The summed E-state index contributed by atoms with van der Waals surface area (Å²) in [4.78, 5) is 2.86. The molecule has 0 bridgehead atoms. The number of nitrogens with one attached hydrogen (secondary N) is 1. The number of rotatable bonds is 6. The maximum absolute atomic E-state index is 4.39. The van der Waals surface area contributed by atoms with Crippen molar-refractivity contribution in [2.24, 2.45) is 76.4 Å². The lowest BCUT2D eigenvalue weighted by molar-refractivity contribution is 0.0156. The first-order valence-electron chi connectivity index (χ1n) is 25.0. The summed E-state index contributed by atoms with van der Waals surface area (Å²) in [5.41, 5.74) is 6.53. The van der Waals surface area contributed by atoms with Crippen LogP contribution in [-0.2, 0) is 0 Å². The van der Waals surface area contributed by atoms with Gasteiger partial charge in [0.25, 0.3) is 0 Å². The third kappa shape index (κ3) is 5.95. The fraction of sp³-hybridized carbons (Fsp3) is 0.552. The predicted octanol–water partition coefficient (Wildman–Crippen LogP) is 13.4. The van der Waals surface area contributed by atoms with E-state index in [2.05, 4.69) is 151 Å². The van der Waals surface area contributed by atoms with Gasteiger partial charge in [-0.15, -0.1) is 0 Å². The standard InChI is InChI=1S/C58H70N2/c1-57(59-41-32-34-46-40(37-41)31-30-39-17-8-9-22-45(39)46)36-15-14-26-51(57)49-25-16-29-54-56(49)50-24-11-13-28-53(50)58(54)52-27-12-10-23-47(52)48-35-33-44(38-55(48)58)60(42-18-4-2-5-19-42)43-20-6-3-7-21-43/h2-4,6,8,10,14-18,23,26,29-36,38-39,41,43,45,47-56,59H,5,7,9,11-13,19-22,24-25,27-28,37H2,1H3. The molecule has 0 aromatic rings. The van der Waals surface area contributed by atoms with Gasteiger partial charge in [-0.3, -0.25) is 0 Å². The second-order valence-electron chi connectivity index (χ2n) is 21.6. The number of hydrogen-bond donors (Lipinski definition) is 1. The number of fused-ring (bicyclic) bond motifs is 12. The average Bonchev–Trinajstić information content (AvgIpc) is 3.77. The van der Waals surface area contributed by atoms with Crippen LogP contribution in [0.25, 0.3) is 0 Å². The van der Waals surface area contributed by atoms with Crippen LogP contribution >= 0.6 is 0 Å². The van der Waals surface area contributed by atoms with Crippen LogP contribution in [0.5, 0.6) is 0 Å². The molecule has 60 heavy (non-hydrogen) atoms. The highest BCUT2D eigenvalue weighted by Gasteiger charge is 2.72. The molecule has 0 heterocycles. The monoisotopic (exact) mass is 795 g/mol. The molecule has 3 fully saturated rings. The molecular weight excluding hydrogens is 725 g/mol. The summed E-state index contributed by atoms with van der Waals surface area (Å²) < 4.78 is 0. The zero-order valence-electron chi connectivity index (χ0n) is 36.3. The minimum absolute atomic E-state index is 0.0806. The van der Waals surface area contributed by atoms with E-state index in [1.54, 1.807) is 16.8 Å². The molecule has 3 saturated carbocycles. The molecule has 12 aliphatic carbocycles. The topological polar surface area (TPSA) is 15.3 Å². The van der Waals surface area contributed by atoms with Gasteiger partial charge in [0.1, 0.15) is 0 Å². The quantitative estimate of drug-likeness (QED) is 0.270. The lowest BCUT2D eigenvalue weighted by atomic mass is 9.54. The van der Waals surface area contributed by atoms with Crippen LogP contribution in [-0.4, -0.2) is 22.5 Å². The van der Waals surface area contributed by atoms with E-state index < -0.39 is 0 Å². The number of allylic oxidation sites excluding steroid dienone is 20. The smallest absolute Gasteiger partial charge is 0.0410 e. The zero-order valence-corrected chi connectivity index (χ0v) is 36.3. The van der Waals surface area contributed by atoms with Crippen LogP contribution < -0.4 is 5.32 Å². The number of nitrogens with zero attached hydrogens (tertiary/aromatic N) is 1. The van der Waals surface area contributed by atoms with Gasteiger partial charge in [-0.1, -0.05) is 134 Å². The van der Waals surface area contributed by atoms with Gasteiger partial charge in [0.15, 0.2) is 0 Å². The fourth-order valence-corrected chi connectivity index (χ4v) is 17.0. The molecule has 2 nitrogen and oxygen atoms in total. The summed E-state index contributed by atoms with van der Waals surface area (Å²) >= 11 is 0. The van der Waals surface area contributed by atoms with Gasteiger partial charge in [0.05, 0.1) is 0 Å². The van der Waals surface area contributed by atoms with Gasteiger partial charge in [-0.25, -0.2) is 0 Å². The van der Waals surface area contributed by atoms with Crippen molar-refractivity contribution < 1.29 is 0 Å². The maximum Gasteiger partial charge on any atom is 0.0410 e. The third-order valence-corrected chi connectivity index (χ3v) is 19.0. The van der Waals surface area contributed by atoms with Gasteiger partial charge < -0.3 is 10.2 Å². The Morgan fingerprint density at radius 3 is 2.48 bits per heavy atom.